The Morgan fingerprint density at radius 2 is 1.50 bits per heavy atom. The molecule has 0 saturated heterocycles. The number of ether oxygens (including phenoxy) is 2. The number of hydrogen-bond acceptors (Lipinski definition) is 3. The van der Waals surface area contributed by atoms with Crippen LogP contribution < -0.4 is 0 Å². The summed E-state index contributed by atoms with van der Waals surface area (Å²) in [6.07, 6.45) is 4.93. The van der Waals surface area contributed by atoms with Gasteiger partial charge < -0.3 is 9.47 Å². The molecule has 0 atom stereocenters. The van der Waals surface area contributed by atoms with Crippen LogP contribution in [0.15, 0.2) is 0 Å². The largest absolute Gasteiger partial charge is 0.463 e. The topological polar surface area (TPSA) is 35.5 Å². The molecule has 0 aliphatic rings. The van der Waals surface area contributed by atoms with E-state index < -0.39 is 0 Å². The van der Waals surface area contributed by atoms with E-state index in [4.69, 9.17) is 4.74 Å². The Morgan fingerprint density at radius 1 is 1.06 bits per heavy atom. The van der Waals surface area contributed by atoms with Crippen molar-refractivity contribution in [1.29, 1.82) is 0 Å². The minimum absolute atomic E-state index is 0.0255. The van der Waals surface area contributed by atoms with Crippen molar-refractivity contribution in [3.8, 4) is 0 Å². The van der Waals surface area contributed by atoms with Crippen LogP contribution in [0.5, 0.6) is 0 Å². The molecule has 0 fully saturated rings. The molecule has 16 heavy (non-hydrogen) atoms. The lowest BCUT2D eigenvalue weighted by Gasteiger charge is -2.01. The van der Waals surface area contributed by atoms with Gasteiger partial charge in [0, 0.05) is 20.1 Å². The summed E-state index contributed by atoms with van der Waals surface area (Å²) < 4.78 is 9.93. The summed E-state index contributed by atoms with van der Waals surface area (Å²) in [5.41, 5.74) is 0. The summed E-state index contributed by atoms with van der Waals surface area (Å²) in [5.74, 6) is -0.213. The van der Waals surface area contributed by atoms with Crippen LogP contribution in [0.25, 0.3) is 0 Å². The van der Waals surface area contributed by atoms with Crippen LogP contribution >= 0.6 is 0 Å². The Morgan fingerprint density at radius 3 is 1.69 bits per heavy atom. The molecule has 0 aliphatic carbocycles. The predicted molar refractivity (Wildman–Crippen MR) is 67.5 cm³/mol. The third kappa shape index (κ3) is 23.3. The number of carbonyl (C=O) groups is 1. The summed E-state index contributed by atoms with van der Waals surface area (Å²) in [7, 11) is 0. The summed E-state index contributed by atoms with van der Waals surface area (Å²) in [4.78, 5) is 10.0. The molecule has 0 aromatic heterocycles. The highest BCUT2D eigenvalue weighted by molar-refractivity contribution is 5.66. The van der Waals surface area contributed by atoms with Gasteiger partial charge in [-0.2, -0.15) is 0 Å². The molecule has 0 radical (unpaired) electrons. The first-order valence-corrected chi connectivity index (χ1v) is 6.29. The average Bonchev–Trinajstić information content (AvgIpc) is 2.16. The lowest BCUT2D eigenvalue weighted by Crippen LogP contribution is -2.06. The Bertz CT molecular complexity index is 138. The van der Waals surface area contributed by atoms with Crippen LogP contribution in [0.3, 0.4) is 0 Å². The van der Waals surface area contributed by atoms with Crippen LogP contribution in [-0.2, 0) is 14.3 Å². The maximum absolute atomic E-state index is 10.0. The van der Waals surface area contributed by atoms with E-state index in [0.717, 1.165) is 13.2 Å². The third-order valence-electron chi connectivity index (χ3n) is 1.69. The minimum atomic E-state index is -0.213. The molecule has 0 aliphatic heterocycles. The monoisotopic (exact) mass is 232 g/mol. The molecule has 0 aromatic rings. The van der Waals surface area contributed by atoms with Crippen molar-refractivity contribution in [2.75, 3.05) is 13.2 Å². The van der Waals surface area contributed by atoms with Crippen LogP contribution in [0.2, 0.25) is 0 Å². The summed E-state index contributed by atoms with van der Waals surface area (Å²) in [6.45, 7) is 11.3. The molecule has 0 rings (SSSR count). The zero-order chi connectivity index (χ0) is 12.8. The predicted octanol–water partition coefficient (Wildman–Crippen LogP) is 3.56. The SMILES string of the molecule is CC(=O)OC(C)C.CCCCOCCCC. The molecular weight excluding hydrogens is 204 g/mol. The summed E-state index contributed by atoms with van der Waals surface area (Å²) in [5, 5.41) is 0. The van der Waals surface area contributed by atoms with E-state index in [1.54, 1.807) is 0 Å². The lowest BCUT2D eigenvalue weighted by molar-refractivity contribution is -0.144. The van der Waals surface area contributed by atoms with Crippen molar-refractivity contribution < 1.29 is 14.3 Å². The molecule has 0 unspecified atom stereocenters. The molecule has 0 N–H and O–H groups in total. The molecule has 0 bridgehead atoms. The van der Waals surface area contributed by atoms with Gasteiger partial charge in [0.25, 0.3) is 0 Å². The van der Waals surface area contributed by atoms with Gasteiger partial charge in [-0.15, -0.1) is 0 Å². The van der Waals surface area contributed by atoms with E-state index in [9.17, 15) is 4.79 Å². The molecule has 0 saturated carbocycles. The van der Waals surface area contributed by atoms with Gasteiger partial charge in [0.05, 0.1) is 6.10 Å². The fourth-order valence-electron chi connectivity index (χ4n) is 0.927. The van der Waals surface area contributed by atoms with Gasteiger partial charge >= 0.3 is 5.97 Å². The second-order valence-electron chi connectivity index (χ2n) is 3.98. The van der Waals surface area contributed by atoms with Crippen molar-refractivity contribution in [2.24, 2.45) is 0 Å². The Kier molecular flexibility index (Phi) is 16.1. The number of hydrogen-bond donors (Lipinski definition) is 0. The highest BCUT2D eigenvalue weighted by Gasteiger charge is 1.93. The molecular formula is C13H28O3. The third-order valence-corrected chi connectivity index (χ3v) is 1.69. The van der Waals surface area contributed by atoms with Crippen LogP contribution in [0.1, 0.15) is 60.3 Å². The van der Waals surface area contributed by atoms with E-state index in [-0.39, 0.29) is 12.1 Å². The molecule has 0 heterocycles. The normalized spacial score (nSPS) is 9.62. The van der Waals surface area contributed by atoms with Crippen molar-refractivity contribution in [1.82, 2.24) is 0 Å². The second-order valence-corrected chi connectivity index (χ2v) is 3.98. The van der Waals surface area contributed by atoms with Crippen molar-refractivity contribution >= 4 is 5.97 Å². The molecule has 3 heteroatoms. The van der Waals surface area contributed by atoms with E-state index in [1.165, 1.54) is 32.6 Å². The first-order valence-electron chi connectivity index (χ1n) is 6.29. The summed E-state index contributed by atoms with van der Waals surface area (Å²) >= 11 is 0. The van der Waals surface area contributed by atoms with Crippen molar-refractivity contribution in [3.63, 3.8) is 0 Å². The zero-order valence-electron chi connectivity index (χ0n) is 11.5. The molecule has 0 aromatic carbocycles. The van der Waals surface area contributed by atoms with Gasteiger partial charge in [0.2, 0.25) is 0 Å². The van der Waals surface area contributed by atoms with Crippen LogP contribution in [0, 0.1) is 0 Å². The van der Waals surface area contributed by atoms with Gasteiger partial charge in [-0.1, -0.05) is 26.7 Å². The standard InChI is InChI=1S/C8H18O.C5H10O2/c1-3-5-7-9-8-6-4-2;1-4(2)7-5(3)6/h3-8H2,1-2H3;4H,1-3H3. The Hall–Kier alpha value is -0.570. The Balaban J connectivity index is 0. The first-order chi connectivity index (χ1) is 7.54. The zero-order valence-corrected chi connectivity index (χ0v) is 11.5. The lowest BCUT2D eigenvalue weighted by atomic mass is 10.3. The maximum Gasteiger partial charge on any atom is 0.302 e. The number of unbranched alkanes of at least 4 members (excludes halogenated alkanes) is 2. The van der Waals surface area contributed by atoms with E-state index >= 15 is 0 Å². The molecule has 98 valence electrons. The fraction of sp³-hybridized carbons (Fsp3) is 0.923. The van der Waals surface area contributed by atoms with E-state index in [1.807, 2.05) is 13.8 Å². The highest BCUT2D eigenvalue weighted by Crippen LogP contribution is 1.91. The van der Waals surface area contributed by atoms with Crippen molar-refractivity contribution in [3.05, 3.63) is 0 Å². The van der Waals surface area contributed by atoms with Crippen molar-refractivity contribution in [2.45, 2.75) is 66.4 Å². The van der Waals surface area contributed by atoms with Gasteiger partial charge in [-0.3, -0.25) is 4.79 Å². The van der Waals surface area contributed by atoms with E-state index in [0.29, 0.717) is 0 Å². The Labute approximate surface area is 101 Å². The quantitative estimate of drug-likeness (QED) is 0.497. The second kappa shape index (κ2) is 14.4. The van der Waals surface area contributed by atoms with Gasteiger partial charge in [0.1, 0.15) is 0 Å². The van der Waals surface area contributed by atoms with Crippen LogP contribution in [0.4, 0.5) is 0 Å². The number of carbonyl (C=O) groups excluding carboxylic acids is 1. The molecule has 0 spiro atoms. The molecule has 0 amide bonds. The fourth-order valence-corrected chi connectivity index (χ4v) is 0.927. The minimum Gasteiger partial charge on any atom is -0.463 e. The highest BCUT2D eigenvalue weighted by atomic mass is 16.5. The number of rotatable bonds is 7. The van der Waals surface area contributed by atoms with Gasteiger partial charge in [0.15, 0.2) is 0 Å². The van der Waals surface area contributed by atoms with Crippen LogP contribution in [-0.4, -0.2) is 25.3 Å². The average molecular weight is 232 g/mol. The van der Waals surface area contributed by atoms with Gasteiger partial charge in [-0.25, -0.2) is 0 Å². The first kappa shape index (κ1) is 17.8. The number of esters is 1. The van der Waals surface area contributed by atoms with E-state index in [2.05, 4.69) is 18.6 Å². The van der Waals surface area contributed by atoms with Gasteiger partial charge in [-0.05, 0) is 26.7 Å². The smallest absolute Gasteiger partial charge is 0.302 e. The molecule has 3 nitrogen and oxygen atoms in total. The maximum atomic E-state index is 10.0. The summed E-state index contributed by atoms with van der Waals surface area (Å²) in [6, 6.07) is 0.